The summed E-state index contributed by atoms with van der Waals surface area (Å²) in [4.78, 5) is 14.3. The lowest BCUT2D eigenvalue weighted by Crippen LogP contribution is -2.47. The smallest absolute Gasteiger partial charge is 0.253 e. The third-order valence-corrected chi connectivity index (χ3v) is 4.45. The molecule has 0 N–H and O–H groups in total. The molecule has 0 unspecified atom stereocenters. The first-order valence-corrected chi connectivity index (χ1v) is 7.31. The minimum Gasteiger partial charge on any atom is -0.347 e. The zero-order valence-electron chi connectivity index (χ0n) is 11.5. The minimum atomic E-state index is -0.438. The Balaban J connectivity index is 1.68. The molecule has 2 fully saturated rings. The SMILES string of the molecule is Cc1cc(C(=O)N2CCC3(CC2)OCCO3)ccc1Cl. The van der Waals surface area contributed by atoms with E-state index >= 15 is 0 Å². The highest BCUT2D eigenvalue weighted by atomic mass is 35.5. The third-order valence-electron chi connectivity index (χ3n) is 4.03. The highest BCUT2D eigenvalue weighted by Gasteiger charge is 2.40. The van der Waals surface area contributed by atoms with E-state index in [9.17, 15) is 4.79 Å². The van der Waals surface area contributed by atoms with Crippen molar-refractivity contribution in [3.05, 3.63) is 34.3 Å². The monoisotopic (exact) mass is 295 g/mol. The second-order valence-corrected chi connectivity index (χ2v) is 5.77. The Labute approximate surface area is 123 Å². The van der Waals surface area contributed by atoms with Gasteiger partial charge in [0.15, 0.2) is 5.79 Å². The van der Waals surface area contributed by atoms with Crippen LogP contribution in [0.3, 0.4) is 0 Å². The van der Waals surface area contributed by atoms with Gasteiger partial charge < -0.3 is 14.4 Å². The van der Waals surface area contributed by atoms with Crippen LogP contribution in [0.1, 0.15) is 28.8 Å². The van der Waals surface area contributed by atoms with Gasteiger partial charge in [0, 0.05) is 36.5 Å². The van der Waals surface area contributed by atoms with Crippen molar-refractivity contribution < 1.29 is 14.3 Å². The highest BCUT2D eigenvalue weighted by Crippen LogP contribution is 2.31. The Hall–Kier alpha value is -1.10. The summed E-state index contributed by atoms with van der Waals surface area (Å²) in [7, 11) is 0. The molecule has 2 aliphatic heterocycles. The minimum absolute atomic E-state index is 0.0533. The number of benzene rings is 1. The van der Waals surface area contributed by atoms with Crippen molar-refractivity contribution in [1.82, 2.24) is 4.90 Å². The van der Waals surface area contributed by atoms with Gasteiger partial charge in [-0.3, -0.25) is 4.79 Å². The van der Waals surface area contributed by atoms with Crippen molar-refractivity contribution in [2.75, 3.05) is 26.3 Å². The average molecular weight is 296 g/mol. The van der Waals surface area contributed by atoms with Gasteiger partial charge in [0.25, 0.3) is 5.91 Å². The summed E-state index contributed by atoms with van der Waals surface area (Å²) in [6.07, 6.45) is 1.48. The van der Waals surface area contributed by atoms with Gasteiger partial charge in [-0.05, 0) is 30.7 Å². The number of aryl methyl sites for hydroxylation is 1. The summed E-state index contributed by atoms with van der Waals surface area (Å²) in [6, 6.07) is 5.40. The number of hydrogen-bond acceptors (Lipinski definition) is 3. The molecule has 0 aliphatic carbocycles. The van der Waals surface area contributed by atoms with Crippen molar-refractivity contribution in [2.45, 2.75) is 25.6 Å². The van der Waals surface area contributed by atoms with Crippen LogP contribution in [0, 0.1) is 6.92 Å². The molecule has 5 heteroatoms. The number of carbonyl (C=O) groups is 1. The number of nitrogens with zero attached hydrogens (tertiary/aromatic N) is 1. The Morgan fingerprint density at radius 3 is 2.50 bits per heavy atom. The fraction of sp³-hybridized carbons (Fsp3) is 0.533. The normalized spacial score (nSPS) is 21.4. The number of likely N-dealkylation sites (tertiary alicyclic amines) is 1. The largest absolute Gasteiger partial charge is 0.347 e. The van der Waals surface area contributed by atoms with Gasteiger partial charge in [0.1, 0.15) is 0 Å². The maximum Gasteiger partial charge on any atom is 0.253 e. The molecule has 1 amide bonds. The summed E-state index contributed by atoms with van der Waals surface area (Å²) in [5.74, 6) is -0.384. The van der Waals surface area contributed by atoms with E-state index in [4.69, 9.17) is 21.1 Å². The van der Waals surface area contributed by atoms with E-state index in [0.29, 0.717) is 36.9 Å². The Morgan fingerprint density at radius 2 is 1.90 bits per heavy atom. The number of piperidine rings is 1. The standard InChI is InChI=1S/C15H18ClNO3/c1-11-10-12(2-3-13(11)16)14(18)17-6-4-15(5-7-17)19-8-9-20-15/h2-3,10H,4-9H2,1H3. The molecule has 108 valence electrons. The highest BCUT2D eigenvalue weighted by molar-refractivity contribution is 6.31. The number of rotatable bonds is 1. The molecule has 0 bridgehead atoms. The fourth-order valence-electron chi connectivity index (χ4n) is 2.80. The van der Waals surface area contributed by atoms with Crippen LogP contribution < -0.4 is 0 Å². The van der Waals surface area contributed by atoms with Crippen molar-refractivity contribution in [2.24, 2.45) is 0 Å². The molecule has 2 saturated heterocycles. The van der Waals surface area contributed by atoms with Gasteiger partial charge in [0.05, 0.1) is 13.2 Å². The second kappa shape index (κ2) is 5.35. The number of hydrogen-bond donors (Lipinski definition) is 0. The first kappa shape index (κ1) is 13.9. The predicted octanol–water partition coefficient (Wildman–Crippen LogP) is 2.63. The first-order valence-electron chi connectivity index (χ1n) is 6.93. The lowest BCUT2D eigenvalue weighted by atomic mass is 10.0. The third kappa shape index (κ3) is 2.55. The van der Waals surface area contributed by atoms with Gasteiger partial charge in [0.2, 0.25) is 0 Å². The van der Waals surface area contributed by atoms with Gasteiger partial charge in [-0.2, -0.15) is 0 Å². The topological polar surface area (TPSA) is 38.8 Å². The number of halogens is 1. The number of carbonyl (C=O) groups excluding carboxylic acids is 1. The van der Waals surface area contributed by atoms with Crippen LogP contribution in [-0.4, -0.2) is 42.9 Å². The van der Waals surface area contributed by atoms with E-state index in [1.807, 2.05) is 17.9 Å². The van der Waals surface area contributed by atoms with E-state index in [1.54, 1.807) is 12.1 Å². The fourth-order valence-corrected chi connectivity index (χ4v) is 2.91. The Bertz CT molecular complexity index is 516. The van der Waals surface area contributed by atoms with Crippen LogP contribution >= 0.6 is 11.6 Å². The molecular formula is C15H18ClNO3. The lowest BCUT2D eigenvalue weighted by Gasteiger charge is -2.37. The molecular weight excluding hydrogens is 278 g/mol. The molecule has 3 rings (SSSR count). The molecule has 20 heavy (non-hydrogen) atoms. The lowest BCUT2D eigenvalue weighted by molar-refractivity contribution is -0.181. The van der Waals surface area contributed by atoms with Crippen LogP contribution in [0.2, 0.25) is 5.02 Å². The van der Waals surface area contributed by atoms with Gasteiger partial charge in [-0.15, -0.1) is 0 Å². The average Bonchev–Trinajstić information content (AvgIpc) is 2.90. The van der Waals surface area contributed by atoms with Crippen LogP contribution in [0.4, 0.5) is 0 Å². The first-order chi connectivity index (χ1) is 9.60. The van der Waals surface area contributed by atoms with Crippen molar-refractivity contribution >= 4 is 17.5 Å². The van der Waals surface area contributed by atoms with Crippen LogP contribution in [0.25, 0.3) is 0 Å². The summed E-state index contributed by atoms with van der Waals surface area (Å²) in [5, 5.41) is 0.687. The number of ether oxygens (including phenoxy) is 2. The summed E-state index contributed by atoms with van der Waals surface area (Å²) < 4.78 is 11.3. The van der Waals surface area contributed by atoms with Crippen molar-refractivity contribution in [3.63, 3.8) is 0 Å². The quantitative estimate of drug-likeness (QED) is 0.799. The molecule has 1 aromatic carbocycles. The second-order valence-electron chi connectivity index (χ2n) is 5.36. The Kier molecular flexibility index (Phi) is 3.71. The molecule has 1 aromatic rings. The van der Waals surface area contributed by atoms with E-state index in [0.717, 1.165) is 18.4 Å². The number of amides is 1. The van der Waals surface area contributed by atoms with Crippen LogP contribution in [-0.2, 0) is 9.47 Å². The summed E-state index contributed by atoms with van der Waals surface area (Å²) >= 11 is 6.00. The summed E-state index contributed by atoms with van der Waals surface area (Å²) in [5.41, 5.74) is 1.62. The molecule has 0 aromatic heterocycles. The Morgan fingerprint density at radius 1 is 1.25 bits per heavy atom. The van der Waals surface area contributed by atoms with Crippen LogP contribution in [0.5, 0.6) is 0 Å². The maximum absolute atomic E-state index is 12.5. The molecule has 0 radical (unpaired) electrons. The maximum atomic E-state index is 12.5. The van der Waals surface area contributed by atoms with E-state index < -0.39 is 5.79 Å². The molecule has 2 heterocycles. The van der Waals surface area contributed by atoms with Crippen molar-refractivity contribution in [3.8, 4) is 0 Å². The van der Waals surface area contributed by atoms with E-state index in [-0.39, 0.29) is 5.91 Å². The molecule has 1 spiro atoms. The van der Waals surface area contributed by atoms with Gasteiger partial charge in [-0.1, -0.05) is 11.6 Å². The molecule has 4 nitrogen and oxygen atoms in total. The van der Waals surface area contributed by atoms with E-state index in [1.165, 1.54) is 0 Å². The van der Waals surface area contributed by atoms with E-state index in [2.05, 4.69) is 0 Å². The summed E-state index contributed by atoms with van der Waals surface area (Å²) in [6.45, 7) is 4.56. The van der Waals surface area contributed by atoms with Crippen LogP contribution in [0.15, 0.2) is 18.2 Å². The molecule has 2 aliphatic rings. The van der Waals surface area contributed by atoms with Gasteiger partial charge >= 0.3 is 0 Å². The predicted molar refractivity (Wildman–Crippen MR) is 76.0 cm³/mol. The van der Waals surface area contributed by atoms with Gasteiger partial charge in [-0.25, -0.2) is 0 Å². The molecule has 0 saturated carbocycles. The molecule has 0 atom stereocenters. The van der Waals surface area contributed by atoms with Crippen molar-refractivity contribution in [1.29, 1.82) is 0 Å². The zero-order valence-corrected chi connectivity index (χ0v) is 12.3. The zero-order chi connectivity index (χ0) is 14.2.